The van der Waals surface area contributed by atoms with Crippen molar-refractivity contribution in [2.45, 2.75) is 6.42 Å². The molecule has 0 bridgehead atoms. The van der Waals surface area contributed by atoms with Gasteiger partial charge in [0.2, 0.25) is 0 Å². The van der Waals surface area contributed by atoms with Gasteiger partial charge in [-0.1, -0.05) is 17.7 Å². The molecule has 0 unspecified atom stereocenters. The molecule has 8 heteroatoms. The fourth-order valence-corrected chi connectivity index (χ4v) is 3.35. The van der Waals surface area contributed by atoms with E-state index in [2.05, 4.69) is 0 Å². The lowest BCUT2D eigenvalue weighted by Gasteiger charge is -2.22. The van der Waals surface area contributed by atoms with E-state index in [0.717, 1.165) is 5.56 Å². The quantitative estimate of drug-likeness (QED) is 0.606. The molecule has 0 saturated heterocycles. The summed E-state index contributed by atoms with van der Waals surface area (Å²) in [4.78, 5) is 25.0. The molecule has 0 aromatic heterocycles. The van der Waals surface area contributed by atoms with Gasteiger partial charge in [0.15, 0.2) is 11.5 Å². The molecule has 0 atom stereocenters. The molecule has 25 heavy (non-hydrogen) atoms. The van der Waals surface area contributed by atoms with E-state index in [1.54, 1.807) is 12.1 Å². The lowest BCUT2D eigenvalue weighted by Crippen LogP contribution is -2.29. The summed E-state index contributed by atoms with van der Waals surface area (Å²) in [5.74, 6) is 0.584. The molecule has 2 aromatic rings. The first-order chi connectivity index (χ1) is 12.0. The minimum atomic E-state index is -0.470. The van der Waals surface area contributed by atoms with Crippen LogP contribution in [0.1, 0.15) is 15.9 Å². The van der Waals surface area contributed by atoms with Crippen LogP contribution in [0.25, 0.3) is 0 Å². The molecule has 2 aliphatic rings. The largest absolute Gasteiger partial charge is 0.486 e. The predicted octanol–water partition coefficient (Wildman–Crippen LogP) is 3.22. The van der Waals surface area contributed by atoms with Crippen LogP contribution in [0, 0.1) is 10.1 Å². The van der Waals surface area contributed by atoms with Crippen molar-refractivity contribution in [1.82, 2.24) is 0 Å². The van der Waals surface area contributed by atoms with Gasteiger partial charge < -0.3 is 14.4 Å². The van der Waals surface area contributed by atoms with Gasteiger partial charge in [0.05, 0.1) is 15.6 Å². The van der Waals surface area contributed by atoms with E-state index >= 15 is 0 Å². The summed E-state index contributed by atoms with van der Waals surface area (Å²) >= 11 is 6.20. The van der Waals surface area contributed by atoms with E-state index in [9.17, 15) is 14.9 Å². The van der Waals surface area contributed by atoms with Crippen LogP contribution in [0.4, 0.5) is 11.4 Å². The Hall–Kier alpha value is -2.80. The van der Waals surface area contributed by atoms with Crippen molar-refractivity contribution >= 4 is 28.9 Å². The number of amides is 1. The van der Waals surface area contributed by atoms with E-state index in [1.165, 1.54) is 23.1 Å². The normalized spacial score (nSPS) is 15.0. The summed E-state index contributed by atoms with van der Waals surface area (Å²) in [6.45, 7) is 1.25. The molecule has 0 aliphatic carbocycles. The van der Waals surface area contributed by atoms with Crippen molar-refractivity contribution in [3.8, 4) is 11.5 Å². The number of fused-ring (bicyclic) bond motifs is 2. The number of carbonyl (C=O) groups is 1. The Labute approximate surface area is 147 Å². The fraction of sp³-hybridized carbons (Fsp3) is 0.235. The van der Waals surface area contributed by atoms with Crippen molar-refractivity contribution in [3.05, 3.63) is 56.6 Å². The summed E-state index contributed by atoms with van der Waals surface area (Å²) in [5, 5.41) is 11.3. The number of hydrogen-bond donors (Lipinski definition) is 0. The van der Waals surface area contributed by atoms with E-state index in [1.807, 2.05) is 0 Å². The van der Waals surface area contributed by atoms with E-state index in [-0.39, 0.29) is 11.6 Å². The second kappa shape index (κ2) is 5.93. The van der Waals surface area contributed by atoms with Gasteiger partial charge >= 0.3 is 0 Å². The molecular weight excluding hydrogens is 348 g/mol. The molecule has 4 rings (SSSR count). The zero-order chi connectivity index (χ0) is 17.6. The van der Waals surface area contributed by atoms with Crippen LogP contribution in [0.3, 0.4) is 0 Å². The lowest BCUT2D eigenvalue weighted by atomic mass is 10.1. The van der Waals surface area contributed by atoms with Crippen LogP contribution >= 0.6 is 11.6 Å². The summed E-state index contributed by atoms with van der Waals surface area (Å²) in [6, 6.07) is 7.70. The lowest BCUT2D eigenvalue weighted by molar-refractivity contribution is -0.384. The number of benzene rings is 2. The van der Waals surface area contributed by atoms with Gasteiger partial charge in [0.1, 0.15) is 13.2 Å². The molecule has 128 valence electrons. The molecule has 7 nitrogen and oxygen atoms in total. The third-order valence-corrected chi connectivity index (χ3v) is 4.54. The van der Waals surface area contributed by atoms with Gasteiger partial charge in [-0.2, -0.15) is 0 Å². The first-order valence-corrected chi connectivity index (χ1v) is 8.11. The molecule has 2 heterocycles. The number of rotatable bonds is 2. The molecule has 1 amide bonds. The van der Waals surface area contributed by atoms with E-state index in [0.29, 0.717) is 54.0 Å². The second-order valence-corrected chi connectivity index (χ2v) is 6.17. The SMILES string of the molecule is O=C(c1cc(Cl)c2c(c1)OCCO2)N1CCc2ccc([N+](=O)[O-])cc21. The smallest absolute Gasteiger partial charge is 0.271 e. The van der Waals surface area contributed by atoms with Crippen molar-refractivity contribution in [3.63, 3.8) is 0 Å². The molecule has 0 saturated carbocycles. The van der Waals surface area contributed by atoms with Crippen LogP contribution in [0.5, 0.6) is 11.5 Å². The number of nitro groups is 1. The summed E-state index contributed by atoms with van der Waals surface area (Å²) in [5.41, 5.74) is 1.78. The van der Waals surface area contributed by atoms with Gasteiger partial charge in [-0.3, -0.25) is 14.9 Å². The van der Waals surface area contributed by atoms with Crippen molar-refractivity contribution in [2.75, 3.05) is 24.7 Å². The van der Waals surface area contributed by atoms with Crippen LogP contribution in [0.15, 0.2) is 30.3 Å². The van der Waals surface area contributed by atoms with Crippen LogP contribution in [0.2, 0.25) is 5.02 Å². The monoisotopic (exact) mass is 360 g/mol. The highest BCUT2D eigenvalue weighted by Gasteiger charge is 2.29. The second-order valence-electron chi connectivity index (χ2n) is 5.76. The van der Waals surface area contributed by atoms with Gasteiger partial charge in [0.25, 0.3) is 11.6 Å². The minimum Gasteiger partial charge on any atom is -0.486 e. The number of nitrogens with zero attached hydrogens (tertiary/aromatic N) is 2. The Morgan fingerprint density at radius 3 is 2.80 bits per heavy atom. The number of non-ortho nitro benzene ring substituents is 1. The molecule has 0 fully saturated rings. The van der Waals surface area contributed by atoms with Crippen LogP contribution < -0.4 is 14.4 Å². The Balaban J connectivity index is 1.71. The first kappa shape index (κ1) is 15.7. The zero-order valence-corrected chi connectivity index (χ0v) is 13.8. The van der Waals surface area contributed by atoms with Crippen molar-refractivity contribution in [2.24, 2.45) is 0 Å². The number of halogens is 1. The maximum absolute atomic E-state index is 12.9. The van der Waals surface area contributed by atoms with Gasteiger partial charge in [-0.05, 0) is 24.1 Å². The Kier molecular flexibility index (Phi) is 3.73. The predicted molar refractivity (Wildman–Crippen MR) is 90.9 cm³/mol. The Morgan fingerprint density at radius 1 is 1.20 bits per heavy atom. The number of ether oxygens (including phenoxy) is 2. The molecule has 2 aromatic carbocycles. The van der Waals surface area contributed by atoms with Crippen molar-refractivity contribution < 1.29 is 19.2 Å². The average Bonchev–Trinajstić information content (AvgIpc) is 3.04. The summed E-state index contributed by atoms with van der Waals surface area (Å²) in [6.07, 6.45) is 0.650. The fourth-order valence-electron chi connectivity index (χ4n) is 3.08. The highest BCUT2D eigenvalue weighted by molar-refractivity contribution is 6.33. The van der Waals surface area contributed by atoms with Gasteiger partial charge in [-0.25, -0.2) is 0 Å². The maximum Gasteiger partial charge on any atom is 0.271 e. The number of hydrogen-bond acceptors (Lipinski definition) is 5. The van der Waals surface area contributed by atoms with E-state index < -0.39 is 4.92 Å². The summed E-state index contributed by atoms with van der Waals surface area (Å²) in [7, 11) is 0. The molecule has 0 radical (unpaired) electrons. The zero-order valence-electron chi connectivity index (χ0n) is 13.0. The summed E-state index contributed by atoms with van der Waals surface area (Å²) < 4.78 is 11.0. The topological polar surface area (TPSA) is 81.9 Å². The van der Waals surface area contributed by atoms with Gasteiger partial charge in [0, 0.05) is 24.2 Å². The third-order valence-electron chi connectivity index (χ3n) is 4.26. The maximum atomic E-state index is 12.9. The molecular formula is C17H13ClN2O5. The standard InChI is InChI=1S/C17H13ClN2O5/c18-13-7-11(8-15-16(13)25-6-5-24-15)17(21)19-4-3-10-1-2-12(20(22)23)9-14(10)19/h1-2,7-9H,3-6H2. The average molecular weight is 361 g/mol. The Bertz CT molecular complexity index is 899. The molecule has 0 spiro atoms. The highest BCUT2D eigenvalue weighted by Crippen LogP contribution is 2.39. The minimum absolute atomic E-state index is 0.0429. The van der Waals surface area contributed by atoms with E-state index in [4.69, 9.17) is 21.1 Å². The number of anilines is 1. The Morgan fingerprint density at radius 2 is 2.00 bits per heavy atom. The van der Waals surface area contributed by atoms with Crippen LogP contribution in [-0.2, 0) is 6.42 Å². The number of carbonyl (C=O) groups excluding carboxylic acids is 1. The van der Waals surface area contributed by atoms with Crippen molar-refractivity contribution in [1.29, 1.82) is 0 Å². The first-order valence-electron chi connectivity index (χ1n) is 7.73. The highest BCUT2D eigenvalue weighted by atomic mass is 35.5. The number of nitro benzene ring substituents is 1. The molecule has 2 aliphatic heterocycles. The molecule has 0 N–H and O–H groups in total. The third kappa shape index (κ3) is 2.66. The van der Waals surface area contributed by atoms with Gasteiger partial charge in [-0.15, -0.1) is 0 Å². The van der Waals surface area contributed by atoms with Crippen LogP contribution in [-0.4, -0.2) is 30.6 Å².